The molecule has 14 heavy (non-hydrogen) atoms. The van der Waals surface area contributed by atoms with Crippen LogP contribution in [0.4, 0.5) is 4.39 Å². The number of halogens is 1. The summed E-state index contributed by atoms with van der Waals surface area (Å²) >= 11 is 0. The first-order valence-corrected chi connectivity index (χ1v) is 4.63. The minimum atomic E-state index is -0.185. The van der Waals surface area contributed by atoms with Gasteiger partial charge in [-0.25, -0.2) is 4.39 Å². The van der Waals surface area contributed by atoms with Crippen LogP contribution in [0.3, 0.4) is 0 Å². The molecule has 0 aliphatic rings. The highest BCUT2D eigenvalue weighted by Gasteiger charge is 1.98. The predicted molar refractivity (Wildman–Crippen MR) is 56.3 cm³/mol. The lowest BCUT2D eigenvalue weighted by atomic mass is 10.1. The zero-order valence-corrected chi connectivity index (χ0v) is 8.31. The highest BCUT2D eigenvalue weighted by molar-refractivity contribution is 5.26. The molecule has 0 aromatic heterocycles. The molecule has 1 rings (SSSR count). The van der Waals surface area contributed by atoms with Gasteiger partial charge in [-0.3, -0.25) is 0 Å². The van der Waals surface area contributed by atoms with Crippen LogP contribution in [0.5, 0.6) is 0 Å². The summed E-state index contributed by atoms with van der Waals surface area (Å²) in [6.07, 6.45) is 5.84. The van der Waals surface area contributed by atoms with Crippen LogP contribution < -0.4 is 5.32 Å². The van der Waals surface area contributed by atoms with Crippen molar-refractivity contribution in [1.29, 1.82) is 0 Å². The molecular weight excluding hydrogens is 177 g/mol. The van der Waals surface area contributed by atoms with Crippen LogP contribution in [0.1, 0.15) is 17.5 Å². The Balaban J connectivity index is 2.47. The second-order valence-electron chi connectivity index (χ2n) is 3.20. The van der Waals surface area contributed by atoms with Crippen molar-refractivity contribution in [2.75, 3.05) is 6.54 Å². The van der Waals surface area contributed by atoms with E-state index < -0.39 is 0 Å². The molecule has 0 bridgehead atoms. The molecule has 0 aliphatic heterocycles. The third kappa shape index (κ3) is 3.20. The lowest BCUT2D eigenvalue weighted by Crippen LogP contribution is -2.14. The maximum Gasteiger partial charge on any atom is 0.123 e. The van der Waals surface area contributed by atoms with Crippen LogP contribution in [-0.2, 0) is 6.54 Å². The quantitative estimate of drug-likeness (QED) is 0.568. The summed E-state index contributed by atoms with van der Waals surface area (Å²) in [5.74, 6) is 2.37. The number of rotatable bonds is 4. The zero-order valence-electron chi connectivity index (χ0n) is 8.31. The molecule has 0 fully saturated rings. The monoisotopic (exact) mass is 191 g/mol. The fourth-order valence-electron chi connectivity index (χ4n) is 1.24. The Bertz CT molecular complexity index is 339. The summed E-state index contributed by atoms with van der Waals surface area (Å²) in [5, 5.41) is 3.20. The van der Waals surface area contributed by atoms with Crippen molar-refractivity contribution in [2.24, 2.45) is 0 Å². The highest BCUT2D eigenvalue weighted by atomic mass is 19.1. The van der Waals surface area contributed by atoms with Crippen LogP contribution in [0, 0.1) is 25.1 Å². The predicted octanol–water partition coefficient (Wildman–Crippen LogP) is 2.25. The molecule has 0 radical (unpaired) electrons. The minimum Gasteiger partial charge on any atom is -0.312 e. The summed E-state index contributed by atoms with van der Waals surface area (Å²) < 4.78 is 12.7. The van der Waals surface area contributed by atoms with Gasteiger partial charge in [-0.15, -0.1) is 12.3 Å². The summed E-state index contributed by atoms with van der Waals surface area (Å²) in [6.45, 7) is 3.45. The van der Waals surface area contributed by atoms with Gasteiger partial charge in [0, 0.05) is 19.5 Å². The maximum atomic E-state index is 12.7. The van der Waals surface area contributed by atoms with Gasteiger partial charge in [0.2, 0.25) is 0 Å². The molecule has 74 valence electrons. The average molecular weight is 191 g/mol. The molecule has 1 aromatic carbocycles. The van der Waals surface area contributed by atoms with Crippen LogP contribution in [0.15, 0.2) is 18.2 Å². The summed E-state index contributed by atoms with van der Waals surface area (Å²) in [5.41, 5.74) is 2.08. The third-order valence-corrected chi connectivity index (χ3v) is 2.07. The maximum absolute atomic E-state index is 12.7. The van der Waals surface area contributed by atoms with Gasteiger partial charge in [0.1, 0.15) is 5.82 Å². The standard InChI is InChI=1S/C12H14FN/c1-3-4-7-14-9-11-5-6-12(13)8-10(11)2/h1,5-6,8,14H,4,7,9H2,2H3. The average Bonchev–Trinajstić information content (AvgIpc) is 2.15. The second kappa shape index (κ2) is 5.41. The molecule has 0 heterocycles. The van der Waals surface area contributed by atoms with Crippen LogP contribution in [0.2, 0.25) is 0 Å². The van der Waals surface area contributed by atoms with Crippen LogP contribution in [-0.4, -0.2) is 6.54 Å². The molecule has 0 saturated carbocycles. The smallest absolute Gasteiger partial charge is 0.123 e. The molecule has 0 aliphatic carbocycles. The molecule has 0 atom stereocenters. The molecule has 0 saturated heterocycles. The highest BCUT2D eigenvalue weighted by Crippen LogP contribution is 2.09. The largest absolute Gasteiger partial charge is 0.312 e. The minimum absolute atomic E-state index is 0.185. The fraction of sp³-hybridized carbons (Fsp3) is 0.333. The van der Waals surface area contributed by atoms with E-state index in [4.69, 9.17) is 6.42 Å². The van der Waals surface area contributed by atoms with Crippen molar-refractivity contribution < 1.29 is 4.39 Å². The molecule has 1 N–H and O–H groups in total. The number of hydrogen-bond acceptors (Lipinski definition) is 1. The number of hydrogen-bond donors (Lipinski definition) is 1. The normalized spacial score (nSPS) is 9.79. The van der Waals surface area contributed by atoms with Gasteiger partial charge < -0.3 is 5.32 Å². The van der Waals surface area contributed by atoms with Crippen molar-refractivity contribution in [1.82, 2.24) is 5.32 Å². The SMILES string of the molecule is C#CCCNCc1ccc(F)cc1C. The van der Waals surface area contributed by atoms with Gasteiger partial charge in [0.25, 0.3) is 0 Å². The molecular formula is C12H14FN. The summed E-state index contributed by atoms with van der Waals surface area (Å²) in [6, 6.07) is 4.82. The lowest BCUT2D eigenvalue weighted by Gasteiger charge is -2.06. The molecule has 1 nitrogen and oxygen atoms in total. The van der Waals surface area contributed by atoms with E-state index in [1.165, 1.54) is 12.1 Å². The van der Waals surface area contributed by atoms with E-state index in [2.05, 4.69) is 11.2 Å². The van der Waals surface area contributed by atoms with E-state index in [1.807, 2.05) is 6.92 Å². The van der Waals surface area contributed by atoms with Gasteiger partial charge in [0.15, 0.2) is 0 Å². The van der Waals surface area contributed by atoms with Crippen molar-refractivity contribution >= 4 is 0 Å². The Morgan fingerprint density at radius 1 is 1.50 bits per heavy atom. The Morgan fingerprint density at radius 2 is 2.29 bits per heavy atom. The first-order valence-electron chi connectivity index (χ1n) is 4.63. The van der Waals surface area contributed by atoms with E-state index in [9.17, 15) is 4.39 Å². The summed E-state index contributed by atoms with van der Waals surface area (Å²) in [4.78, 5) is 0. The Labute approximate surface area is 84.3 Å². The number of benzene rings is 1. The van der Waals surface area contributed by atoms with Crippen molar-refractivity contribution in [2.45, 2.75) is 19.9 Å². The Morgan fingerprint density at radius 3 is 2.93 bits per heavy atom. The van der Waals surface area contributed by atoms with Gasteiger partial charge in [0.05, 0.1) is 0 Å². The Hall–Kier alpha value is -1.33. The number of terminal acetylenes is 1. The van der Waals surface area contributed by atoms with E-state index in [0.717, 1.165) is 30.6 Å². The number of nitrogens with one attached hydrogen (secondary N) is 1. The Kier molecular flexibility index (Phi) is 4.15. The molecule has 2 heteroatoms. The van der Waals surface area contributed by atoms with E-state index in [-0.39, 0.29) is 5.82 Å². The molecule has 0 spiro atoms. The van der Waals surface area contributed by atoms with E-state index in [0.29, 0.717) is 0 Å². The van der Waals surface area contributed by atoms with Crippen molar-refractivity contribution in [3.63, 3.8) is 0 Å². The molecule has 0 amide bonds. The first-order chi connectivity index (χ1) is 6.74. The van der Waals surface area contributed by atoms with E-state index in [1.54, 1.807) is 6.07 Å². The lowest BCUT2D eigenvalue weighted by molar-refractivity contribution is 0.623. The fourth-order valence-corrected chi connectivity index (χ4v) is 1.24. The number of aryl methyl sites for hydroxylation is 1. The van der Waals surface area contributed by atoms with Gasteiger partial charge in [-0.05, 0) is 30.2 Å². The van der Waals surface area contributed by atoms with Crippen LogP contribution >= 0.6 is 0 Å². The van der Waals surface area contributed by atoms with Gasteiger partial charge >= 0.3 is 0 Å². The van der Waals surface area contributed by atoms with Gasteiger partial charge in [-0.1, -0.05) is 6.07 Å². The van der Waals surface area contributed by atoms with Gasteiger partial charge in [-0.2, -0.15) is 0 Å². The zero-order chi connectivity index (χ0) is 10.4. The first kappa shape index (κ1) is 10.7. The molecule has 0 unspecified atom stereocenters. The molecule has 1 aromatic rings. The van der Waals surface area contributed by atoms with E-state index >= 15 is 0 Å². The van der Waals surface area contributed by atoms with Crippen molar-refractivity contribution in [3.05, 3.63) is 35.1 Å². The summed E-state index contributed by atoms with van der Waals surface area (Å²) in [7, 11) is 0. The van der Waals surface area contributed by atoms with Crippen LogP contribution in [0.25, 0.3) is 0 Å². The third-order valence-electron chi connectivity index (χ3n) is 2.07. The topological polar surface area (TPSA) is 12.0 Å². The van der Waals surface area contributed by atoms with Crippen molar-refractivity contribution in [3.8, 4) is 12.3 Å². The second-order valence-corrected chi connectivity index (χ2v) is 3.20.